The quantitative estimate of drug-likeness (QED) is 0.250. The summed E-state index contributed by atoms with van der Waals surface area (Å²) in [7, 11) is 0. The van der Waals surface area contributed by atoms with Crippen LogP contribution in [0.5, 0.6) is 0 Å². The lowest BCUT2D eigenvalue weighted by Gasteiger charge is -2.41. The lowest BCUT2D eigenvalue weighted by Crippen LogP contribution is -2.37. The summed E-state index contributed by atoms with van der Waals surface area (Å²) in [6, 6.07) is 0. The van der Waals surface area contributed by atoms with E-state index in [1.54, 1.807) is 13.8 Å². The third-order valence-corrected chi connectivity index (χ3v) is 10.3. The van der Waals surface area contributed by atoms with Crippen molar-refractivity contribution in [2.75, 3.05) is 0 Å². The molecule has 0 aliphatic heterocycles. The van der Waals surface area contributed by atoms with Crippen molar-refractivity contribution in [1.29, 1.82) is 0 Å². The summed E-state index contributed by atoms with van der Waals surface area (Å²) in [4.78, 5) is 0. The summed E-state index contributed by atoms with van der Waals surface area (Å²) < 4.78 is 77.8. The van der Waals surface area contributed by atoms with E-state index in [2.05, 4.69) is 13.8 Å². The zero-order valence-electron chi connectivity index (χ0n) is 22.8. The molecule has 3 fully saturated rings. The number of alkyl halides is 6. The summed E-state index contributed by atoms with van der Waals surface area (Å²) in [5.74, 6) is 2.04. The molecular weight excluding hydrogens is 474 g/mol. The molecule has 210 valence electrons. The molecule has 0 aromatic rings. The van der Waals surface area contributed by atoms with Crippen molar-refractivity contribution in [3.8, 4) is 0 Å². The molecule has 0 N–H and O–H groups in total. The molecule has 0 heterocycles. The maximum Gasteiger partial charge on any atom is 0.412 e. The summed E-state index contributed by atoms with van der Waals surface area (Å²) in [6.45, 7) is 7.94. The standard InChI is InChI=1S/C15H25F3.C15H23F3/c2*1-10-3-6-12(7-4-10)13-8-5-11(2)14(9-13)15(16,17)18/h10-14H,3-9H2,1-2H3;10,12-13H,3-9H2,1-2H3/t10?,11-,12?,13?,14+;/m0./s1. The van der Waals surface area contributed by atoms with E-state index < -0.39 is 18.3 Å². The van der Waals surface area contributed by atoms with Crippen molar-refractivity contribution in [2.45, 2.75) is 130 Å². The molecule has 4 aliphatic rings. The number of halogens is 6. The molecule has 6 heteroatoms. The molecule has 0 nitrogen and oxygen atoms in total. The van der Waals surface area contributed by atoms with Crippen molar-refractivity contribution in [1.82, 2.24) is 0 Å². The monoisotopic (exact) mass is 522 g/mol. The van der Waals surface area contributed by atoms with Crippen LogP contribution in [-0.2, 0) is 0 Å². The first-order valence-electron chi connectivity index (χ1n) is 14.6. The molecule has 0 amide bonds. The summed E-state index contributed by atoms with van der Waals surface area (Å²) in [6.07, 6.45) is 5.38. The zero-order valence-corrected chi connectivity index (χ0v) is 22.8. The van der Waals surface area contributed by atoms with Crippen LogP contribution in [0.4, 0.5) is 26.3 Å². The van der Waals surface area contributed by atoms with Crippen molar-refractivity contribution >= 4 is 0 Å². The Morgan fingerprint density at radius 2 is 1.06 bits per heavy atom. The minimum atomic E-state index is -4.11. The highest BCUT2D eigenvalue weighted by Crippen LogP contribution is 2.48. The van der Waals surface area contributed by atoms with E-state index in [1.165, 1.54) is 25.7 Å². The lowest BCUT2D eigenvalue weighted by atomic mass is 9.66. The molecule has 0 spiro atoms. The summed E-state index contributed by atoms with van der Waals surface area (Å²) in [5, 5.41) is 0. The molecule has 0 saturated heterocycles. The fourth-order valence-corrected chi connectivity index (χ4v) is 7.60. The summed E-state index contributed by atoms with van der Waals surface area (Å²) in [5.41, 5.74) is 0.347. The molecule has 4 rings (SSSR count). The van der Waals surface area contributed by atoms with Gasteiger partial charge in [-0.15, -0.1) is 0 Å². The van der Waals surface area contributed by atoms with Crippen LogP contribution in [0.1, 0.15) is 118 Å². The zero-order chi connectivity index (χ0) is 26.7. The van der Waals surface area contributed by atoms with Crippen molar-refractivity contribution < 1.29 is 26.3 Å². The van der Waals surface area contributed by atoms with Crippen LogP contribution in [0.25, 0.3) is 0 Å². The van der Waals surface area contributed by atoms with Crippen LogP contribution in [0.2, 0.25) is 0 Å². The number of rotatable bonds is 2. The van der Waals surface area contributed by atoms with E-state index in [0.717, 1.165) is 56.8 Å². The second-order valence-electron chi connectivity index (χ2n) is 13.0. The lowest BCUT2D eigenvalue weighted by molar-refractivity contribution is -0.200. The number of hydrogen-bond acceptors (Lipinski definition) is 0. The molecule has 2 unspecified atom stereocenters. The molecular formula is C30H48F6. The third-order valence-electron chi connectivity index (χ3n) is 10.3. The minimum absolute atomic E-state index is 0.177. The number of hydrogen-bond donors (Lipinski definition) is 0. The van der Waals surface area contributed by atoms with Gasteiger partial charge in [-0.25, -0.2) is 0 Å². The van der Waals surface area contributed by atoms with E-state index >= 15 is 0 Å². The highest BCUT2D eigenvalue weighted by molar-refractivity contribution is 5.21. The largest absolute Gasteiger partial charge is 0.412 e. The Labute approximate surface area is 215 Å². The summed E-state index contributed by atoms with van der Waals surface area (Å²) >= 11 is 0. The van der Waals surface area contributed by atoms with E-state index in [9.17, 15) is 26.3 Å². The Bertz CT molecular complexity index is 704. The van der Waals surface area contributed by atoms with Gasteiger partial charge >= 0.3 is 12.4 Å². The van der Waals surface area contributed by atoms with E-state index in [0.29, 0.717) is 36.2 Å². The van der Waals surface area contributed by atoms with Crippen LogP contribution in [-0.4, -0.2) is 12.4 Å². The van der Waals surface area contributed by atoms with E-state index in [-0.39, 0.29) is 23.8 Å². The smallest absolute Gasteiger partial charge is 0.171 e. The molecule has 3 saturated carbocycles. The molecule has 4 atom stereocenters. The van der Waals surface area contributed by atoms with Gasteiger partial charge in [0.15, 0.2) is 0 Å². The molecule has 4 aliphatic carbocycles. The fraction of sp³-hybridized carbons (Fsp3) is 0.933. The Morgan fingerprint density at radius 3 is 1.53 bits per heavy atom. The van der Waals surface area contributed by atoms with E-state index in [1.807, 2.05) is 0 Å². The van der Waals surface area contributed by atoms with Gasteiger partial charge in [0.1, 0.15) is 0 Å². The maximum atomic E-state index is 13.0. The van der Waals surface area contributed by atoms with Crippen LogP contribution in [0.3, 0.4) is 0 Å². The van der Waals surface area contributed by atoms with Gasteiger partial charge < -0.3 is 0 Å². The fourth-order valence-electron chi connectivity index (χ4n) is 7.60. The highest BCUT2D eigenvalue weighted by atomic mass is 19.4. The predicted molar refractivity (Wildman–Crippen MR) is 134 cm³/mol. The molecule has 36 heavy (non-hydrogen) atoms. The van der Waals surface area contributed by atoms with Gasteiger partial charge in [-0.1, -0.05) is 52.0 Å². The molecule has 0 aromatic heterocycles. The SMILES string of the molecule is CC1=C(C(F)(F)F)CC(C2CCC(C)CC2)CC1.CC1CCC(C2CC[C@H](C)[C@H](C(F)(F)F)C2)CC1. The van der Waals surface area contributed by atoms with Gasteiger partial charge in [-0.2, -0.15) is 26.3 Å². The first kappa shape index (κ1) is 29.9. The average Bonchev–Trinajstić information content (AvgIpc) is 2.80. The second kappa shape index (κ2) is 12.5. The second-order valence-corrected chi connectivity index (χ2v) is 13.0. The Hall–Kier alpha value is -0.680. The van der Waals surface area contributed by atoms with E-state index in [4.69, 9.17) is 0 Å². The highest BCUT2D eigenvalue weighted by Gasteiger charge is 2.47. The van der Waals surface area contributed by atoms with Gasteiger partial charge in [-0.3, -0.25) is 0 Å². The van der Waals surface area contributed by atoms with Crippen molar-refractivity contribution in [3.05, 3.63) is 11.1 Å². The first-order valence-corrected chi connectivity index (χ1v) is 14.6. The third kappa shape index (κ3) is 8.16. The van der Waals surface area contributed by atoms with Crippen molar-refractivity contribution in [3.63, 3.8) is 0 Å². The van der Waals surface area contributed by atoms with Crippen LogP contribution in [0, 0.1) is 47.3 Å². The Morgan fingerprint density at radius 1 is 0.583 bits per heavy atom. The van der Waals surface area contributed by atoms with Gasteiger partial charge in [0.2, 0.25) is 0 Å². The average molecular weight is 523 g/mol. The maximum absolute atomic E-state index is 13.0. The normalized spacial score (nSPS) is 38.8. The number of allylic oxidation sites excluding steroid dienone is 2. The predicted octanol–water partition coefficient (Wildman–Crippen LogP) is 10.9. The van der Waals surface area contributed by atoms with Crippen molar-refractivity contribution in [2.24, 2.45) is 47.3 Å². The topological polar surface area (TPSA) is 0 Å². The minimum Gasteiger partial charge on any atom is -0.171 e. The van der Waals surface area contributed by atoms with Gasteiger partial charge in [0.05, 0.1) is 5.92 Å². The first-order chi connectivity index (χ1) is 16.8. The molecule has 0 radical (unpaired) electrons. The molecule has 0 bridgehead atoms. The van der Waals surface area contributed by atoms with Crippen LogP contribution < -0.4 is 0 Å². The van der Waals surface area contributed by atoms with Gasteiger partial charge in [-0.05, 0) is 113 Å². The van der Waals surface area contributed by atoms with Crippen LogP contribution >= 0.6 is 0 Å². The van der Waals surface area contributed by atoms with Gasteiger partial charge in [0.25, 0.3) is 0 Å². The van der Waals surface area contributed by atoms with Crippen LogP contribution in [0.15, 0.2) is 11.1 Å². The van der Waals surface area contributed by atoms with Gasteiger partial charge in [0, 0.05) is 5.57 Å². The Kier molecular flexibility index (Phi) is 10.3. The molecule has 0 aromatic carbocycles. The Balaban J connectivity index is 0.000000201.